The number of rotatable bonds is 0. The highest BCUT2D eigenvalue weighted by molar-refractivity contribution is 9.10. The molecule has 13 heavy (non-hydrogen) atoms. The van der Waals surface area contributed by atoms with E-state index in [1.165, 1.54) is 5.56 Å². The van der Waals surface area contributed by atoms with Crippen LogP contribution in [0.3, 0.4) is 0 Å². The predicted molar refractivity (Wildman–Crippen MR) is 52.7 cm³/mol. The van der Waals surface area contributed by atoms with Crippen LogP contribution in [0.5, 0.6) is 0 Å². The molecule has 0 unspecified atom stereocenters. The highest BCUT2D eigenvalue weighted by Gasteiger charge is 2.13. The van der Waals surface area contributed by atoms with E-state index in [0.717, 1.165) is 37.4 Å². The monoisotopic (exact) mass is 242 g/mol. The van der Waals surface area contributed by atoms with E-state index in [4.69, 9.17) is 4.74 Å². The minimum atomic E-state index is 0.686. The van der Waals surface area contributed by atoms with Gasteiger partial charge in [-0.25, -0.2) is 9.97 Å². The van der Waals surface area contributed by atoms with Gasteiger partial charge in [0.25, 0.3) is 0 Å². The first-order valence-electron chi connectivity index (χ1n) is 4.37. The zero-order valence-corrected chi connectivity index (χ0v) is 9.10. The third-order valence-corrected chi connectivity index (χ3v) is 2.61. The molecule has 0 amide bonds. The summed E-state index contributed by atoms with van der Waals surface area (Å²) >= 11 is 3.30. The van der Waals surface area contributed by atoms with Gasteiger partial charge in [-0.15, -0.1) is 0 Å². The lowest BCUT2D eigenvalue weighted by molar-refractivity contribution is 0.146. The molecule has 0 aliphatic carbocycles. The fourth-order valence-electron chi connectivity index (χ4n) is 1.60. The van der Waals surface area contributed by atoms with Gasteiger partial charge in [-0.05, 0) is 34.8 Å². The van der Waals surface area contributed by atoms with Crippen molar-refractivity contribution in [2.75, 3.05) is 13.2 Å². The largest absolute Gasteiger partial charge is 0.381 e. The first kappa shape index (κ1) is 9.09. The van der Waals surface area contributed by atoms with Gasteiger partial charge in [-0.2, -0.15) is 0 Å². The van der Waals surface area contributed by atoms with Crippen molar-refractivity contribution in [3.8, 4) is 0 Å². The highest BCUT2D eigenvalue weighted by Crippen LogP contribution is 2.17. The Hall–Kier alpha value is -0.480. The van der Waals surface area contributed by atoms with Crippen LogP contribution >= 0.6 is 15.9 Å². The lowest BCUT2D eigenvalue weighted by Gasteiger charge is -2.06. The average molecular weight is 243 g/mol. The summed E-state index contributed by atoms with van der Waals surface area (Å²) < 4.78 is 6.07. The molecule has 0 saturated carbocycles. The van der Waals surface area contributed by atoms with Crippen LogP contribution in [0.1, 0.15) is 17.0 Å². The molecule has 0 atom stereocenters. The Kier molecular flexibility index (Phi) is 2.60. The molecular formula is C9H11BrN2O. The zero-order valence-electron chi connectivity index (χ0n) is 7.51. The molecule has 4 heteroatoms. The van der Waals surface area contributed by atoms with Crippen molar-refractivity contribution in [2.24, 2.45) is 0 Å². The molecule has 70 valence electrons. The van der Waals surface area contributed by atoms with E-state index >= 15 is 0 Å². The molecule has 0 radical (unpaired) electrons. The molecule has 0 saturated heterocycles. The van der Waals surface area contributed by atoms with Crippen molar-refractivity contribution >= 4 is 15.9 Å². The SMILES string of the molecule is Cc1nc(Br)nc2c1CCOCC2. The van der Waals surface area contributed by atoms with Gasteiger partial charge in [-0.3, -0.25) is 0 Å². The average Bonchev–Trinajstić information content (AvgIpc) is 2.28. The number of halogens is 1. The third-order valence-electron chi connectivity index (χ3n) is 2.25. The Morgan fingerprint density at radius 1 is 1.23 bits per heavy atom. The van der Waals surface area contributed by atoms with Crippen molar-refractivity contribution in [3.05, 3.63) is 21.7 Å². The summed E-state index contributed by atoms with van der Waals surface area (Å²) in [6, 6.07) is 0. The Morgan fingerprint density at radius 3 is 2.85 bits per heavy atom. The second-order valence-corrected chi connectivity index (χ2v) is 3.82. The molecule has 0 fully saturated rings. The summed E-state index contributed by atoms with van der Waals surface area (Å²) in [6.45, 7) is 3.59. The summed E-state index contributed by atoms with van der Waals surface area (Å²) in [5.74, 6) is 0. The maximum Gasteiger partial charge on any atom is 0.197 e. The van der Waals surface area contributed by atoms with Crippen molar-refractivity contribution in [1.29, 1.82) is 0 Å². The minimum absolute atomic E-state index is 0.686. The fourth-order valence-corrected chi connectivity index (χ4v) is 2.08. The summed E-state index contributed by atoms with van der Waals surface area (Å²) in [5, 5.41) is 0. The molecule has 1 aliphatic heterocycles. The van der Waals surface area contributed by atoms with Crippen LogP contribution in [-0.4, -0.2) is 23.2 Å². The topological polar surface area (TPSA) is 35.0 Å². The van der Waals surface area contributed by atoms with E-state index < -0.39 is 0 Å². The second-order valence-electron chi connectivity index (χ2n) is 3.12. The molecule has 0 N–H and O–H groups in total. The standard InChI is InChI=1S/C9H11BrN2O/c1-6-7-2-4-13-5-3-8(7)12-9(10)11-6/h2-5H2,1H3. The Bertz CT molecular complexity index is 328. The number of ether oxygens (including phenoxy) is 1. The summed E-state index contributed by atoms with van der Waals surface area (Å²) in [7, 11) is 0. The molecule has 2 rings (SSSR count). The first-order valence-corrected chi connectivity index (χ1v) is 5.16. The van der Waals surface area contributed by atoms with Gasteiger partial charge in [-0.1, -0.05) is 0 Å². The smallest absolute Gasteiger partial charge is 0.197 e. The summed E-state index contributed by atoms with van der Waals surface area (Å²) in [4.78, 5) is 8.64. The van der Waals surface area contributed by atoms with Crippen LogP contribution in [0.2, 0.25) is 0 Å². The van der Waals surface area contributed by atoms with E-state index in [1.807, 2.05) is 6.92 Å². The maximum atomic E-state index is 5.39. The van der Waals surface area contributed by atoms with Gasteiger partial charge in [0, 0.05) is 12.1 Å². The van der Waals surface area contributed by atoms with Gasteiger partial charge in [0.05, 0.1) is 18.9 Å². The van der Waals surface area contributed by atoms with Crippen LogP contribution in [0.4, 0.5) is 0 Å². The number of hydrogen-bond acceptors (Lipinski definition) is 3. The van der Waals surface area contributed by atoms with Crippen LogP contribution in [-0.2, 0) is 17.6 Å². The predicted octanol–water partition coefficient (Wildman–Crippen LogP) is 1.66. The van der Waals surface area contributed by atoms with Gasteiger partial charge < -0.3 is 4.74 Å². The highest BCUT2D eigenvalue weighted by atomic mass is 79.9. The summed E-state index contributed by atoms with van der Waals surface area (Å²) in [6.07, 6.45) is 1.84. The number of hydrogen-bond donors (Lipinski definition) is 0. The van der Waals surface area contributed by atoms with E-state index in [2.05, 4.69) is 25.9 Å². The number of aryl methyl sites for hydroxylation is 1. The van der Waals surface area contributed by atoms with E-state index in [1.54, 1.807) is 0 Å². The maximum absolute atomic E-state index is 5.39. The molecule has 3 nitrogen and oxygen atoms in total. The molecule has 0 spiro atoms. The zero-order chi connectivity index (χ0) is 9.26. The lowest BCUT2D eigenvalue weighted by atomic mass is 10.1. The van der Waals surface area contributed by atoms with Gasteiger partial charge in [0.1, 0.15) is 0 Å². The summed E-state index contributed by atoms with van der Waals surface area (Å²) in [5.41, 5.74) is 3.47. The van der Waals surface area contributed by atoms with Crippen LogP contribution in [0.15, 0.2) is 4.73 Å². The molecule has 0 aromatic carbocycles. The molecule has 0 bridgehead atoms. The second kappa shape index (κ2) is 3.72. The number of fused-ring (bicyclic) bond motifs is 1. The van der Waals surface area contributed by atoms with Gasteiger partial charge in [0.15, 0.2) is 4.73 Å². The Labute approximate surface area is 85.7 Å². The molecule has 1 aromatic heterocycles. The van der Waals surface area contributed by atoms with Crippen molar-refractivity contribution < 1.29 is 4.74 Å². The fraction of sp³-hybridized carbons (Fsp3) is 0.556. The third kappa shape index (κ3) is 1.89. The molecular weight excluding hydrogens is 232 g/mol. The molecule has 2 heterocycles. The van der Waals surface area contributed by atoms with E-state index in [-0.39, 0.29) is 0 Å². The molecule has 1 aliphatic rings. The Morgan fingerprint density at radius 2 is 2.00 bits per heavy atom. The quantitative estimate of drug-likeness (QED) is 0.650. The number of nitrogens with zero attached hydrogens (tertiary/aromatic N) is 2. The van der Waals surface area contributed by atoms with E-state index in [0.29, 0.717) is 4.73 Å². The van der Waals surface area contributed by atoms with E-state index in [9.17, 15) is 0 Å². The van der Waals surface area contributed by atoms with Crippen molar-refractivity contribution in [1.82, 2.24) is 9.97 Å². The minimum Gasteiger partial charge on any atom is -0.381 e. The van der Waals surface area contributed by atoms with Crippen LogP contribution < -0.4 is 0 Å². The van der Waals surface area contributed by atoms with Crippen LogP contribution in [0.25, 0.3) is 0 Å². The van der Waals surface area contributed by atoms with Crippen LogP contribution in [0, 0.1) is 6.92 Å². The Balaban J connectivity index is 2.47. The molecule has 1 aromatic rings. The van der Waals surface area contributed by atoms with Gasteiger partial charge in [0.2, 0.25) is 0 Å². The first-order chi connectivity index (χ1) is 6.27. The van der Waals surface area contributed by atoms with Crippen molar-refractivity contribution in [3.63, 3.8) is 0 Å². The number of aromatic nitrogens is 2. The lowest BCUT2D eigenvalue weighted by Crippen LogP contribution is -2.03. The van der Waals surface area contributed by atoms with Gasteiger partial charge >= 0.3 is 0 Å². The normalized spacial score (nSPS) is 16.5. The van der Waals surface area contributed by atoms with Crippen molar-refractivity contribution in [2.45, 2.75) is 19.8 Å².